The Balaban J connectivity index is 1.69. The highest BCUT2D eigenvalue weighted by molar-refractivity contribution is 5.83. The number of aryl methyl sites for hydroxylation is 2. The van der Waals surface area contributed by atoms with Crippen LogP contribution in [0.4, 0.5) is 10.6 Å². The van der Waals surface area contributed by atoms with E-state index in [9.17, 15) is 4.79 Å². The molecule has 7 nitrogen and oxygen atoms in total. The van der Waals surface area contributed by atoms with E-state index in [1.165, 1.54) is 11.1 Å². The largest absolute Gasteiger partial charge is 0.472 e. The molecule has 0 aliphatic rings. The molecule has 0 aliphatic heterocycles. The van der Waals surface area contributed by atoms with E-state index in [0.29, 0.717) is 30.6 Å². The Hall–Kier alpha value is -3.09. The van der Waals surface area contributed by atoms with Crippen molar-refractivity contribution in [2.75, 3.05) is 11.9 Å². The Labute approximate surface area is 152 Å². The molecule has 26 heavy (non-hydrogen) atoms. The van der Waals surface area contributed by atoms with E-state index < -0.39 is 6.09 Å². The number of imidazole rings is 1. The van der Waals surface area contributed by atoms with Gasteiger partial charge in [0.05, 0.1) is 12.8 Å². The summed E-state index contributed by atoms with van der Waals surface area (Å²) in [6.07, 6.45) is 1.86. The molecule has 0 bridgehead atoms. The zero-order valence-electron chi connectivity index (χ0n) is 15.2. The van der Waals surface area contributed by atoms with Crippen molar-refractivity contribution in [3.05, 3.63) is 53.2 Å². The highest BCUT2D eigenvalue weighted by Gasteiger charge is 2.09. The molecule has 0 atom stereocenters. The van der Waals surface area contributed by atoms with E-state index in [0.717, 1.165) is 12.0 Å². The van der Waals surface area contributed by atoms with Crippen molar-refractivity contribution < 1.29 is 14.3 Å². The van der Waals surface area contributed by atoms with E-state index in [1.54, 1.807) is 22.8 Å². The molecular weight excluding hydrogens is 332 g/mol. The number of carbonyl (C=O) groups excluding carboxylic acids is 1. The molecule has 3 aromatic rings. The molecule has 2 aromatic heterocycles. The van der Waals surface area contributed by atoms with Crippen molar-refractivity contribution in [1.29, 1.82) is 0 Å². The van der Waals surface area contributed by atoms with Gasteiger partial charge < -0.3 is 9.47 Å². The first-order valence-corrected chi connectivity index (χ1v) is 8.54. The molecule has 2 heterocycles. The van der Waals surface area contributed by atoms with E-state index in [1.807, 2.05) is 6.92 Å². The Kier molecular flexibility index (Phi) is 5.36. The number of nitrogens with one attached hydrogen (secondary N) is 1. The number of hydrogen-bond acceptors (Lipinski definition) is 5. The van der Waals surface area contributed by atoms with Gasteiger partial charge in [0.1, 0.15) is 6.61 Å². The zero-order chi connectivity index (χ0) is 18.5. The number of benzene rings is 1. The van der Waals surface area contributed by atoms with Crippen LogP contribution in [-0.4, -0.2) is 27.3 Å². The number of hydrogen-bond donors (Lipinski definition) is 1. The highest BCUT2D eigenvalue weighted by Crippen LogP contribution is 2.16. The van der Waals surface area contributed by atoms with Gasteiger partial charge in [-0.2, -0.15) is 0 Å². The Bertz CT molecular complexity index is 920. The van der Waals surface area contributed by atoms with Crippen molar-refractivity contribution >= 4 is 17.6 Å². The number of aromatic nitrogens is 3. The molecule has 0 unspecified atom stereocenters. The predicted molar refractivity (Wildman–Crippen MR) is 98.5 cm³/mol. The smallest absolute Gasteiger partial charge is 0.412 e. The summed E-state index contributed by atoms with van der Waals surface area (Å²) in [7, 11) is 0. The van der Waals surface area contributed by atoms with Crippen LogP contribution in [0.2, 0.25) is 0 Å². The molecule has 7 heteroatoms. The van der Waals surface area contributed by atoms with Crippen molar-refractivity contribution in [3.8, 4) is 5.88 Å². The van der Waals surface area contributed by atoms with Crippen LogP contribution in [0.1, 0.15) is 30.0 Å². The molecule has 0 radical (unpaired) electrons. The van der Waals surface area contributed by atoms with Gasteiger partial charge in [0.25, 0.3) is 0 Å². The average Bonchev–Trinajstić information content (AvgIpc) is 3.02. The quantitative estimate of drug-likeness (QED) is 0.727. The zero-order valence-corrected chi connectivity index (χ0v) is 15.2. The molecule has 0 aliphatic carbocycles. The lowest BCUT2D eigenvalue weighted by atomic mass is 10.1. The molecular formula is C19H22N4O3. The molecule has 1 aromatic carbocycles. The molecule has 0 fully saturated rings. The van der Waals surface area contributed by atoms with Gasteiger partial charge in [0.15, 0.2) is 11.5 Å². The van der Waals surface area contributed by atoms with E-state index >= 15 is 0 Å². The number of rotatable bonds is 6. The first kappa shape index (κ1) is 17.7. The lowest BCUT2D eigenvalue weighted by molar-refractivity contribution is 0.161. The summed E-state index contributed by atoms with van der Waals surface area (Å²) in [5, 5.41) is 6.96. The predicted octanol–water partition coefficient (Wildman–Crippen LogP) is 3.88. The number of carbonyl (C=O) groups is 1. The van der Waals surface area contributed by atoms with Gasteiger partial charge in [-0.3, -0.25) is 5.32 Å². The molecule has 0 saturated heterocycles. The summed E-state index contributed by atoms with van der Waals surface area (Å²) < 4.78 is 12.3. The number of fused-ring (bicyclic) bond motifs is 1. The van der Waals surface area contributed by atoms with Crippen LogP contribution < -0.4 is 10.1 Å². The first-order valence-electron chi connectivity index (χ1n) is 8.54. The van der Waals surface area contributed by atoms with Gasteiger partial charge in [-0.1, -0.05) is 30.7 Å². The van der Waals surface area contributed by atoms with Gasteiger partial charge in [-0.05, 0) is 37.5 Å². The first-order chi connectivity index (χ1) is 12.5. The SMILES string of the molecule is CCCOC(=O)Nc1cn2nc(OCc3cc(C)ccc3C)ccc2n1. The monoisotopic (exact) mass is 354 g/mol. The third kappa shape index (κ3) is 4.30. The lowest BCUT2D eigenvalue weighted by Crippen LogP contribution is -2.14. The molecule has 3 rings (SSSR count). The van der Waals surface area contributed by atoms with E-state index in [-0.39, 0.29) is 0 Å². The third-order valence-electron chi connectivity index (χ3n) is 3.84. The summed E-state index contributed by atoms with van der Waals surface area (Å²) in [5.41, 5.74) is 4.10. The van der Waals surface area contributed by atoms with E-state index in [4.69, 9.17) is 9.47 Å². The Morgan fingerprint density at radius 2 is 2.08 bits per heavy atom. The summed E-state index contributed by atoms with van der Waals surface area (Å²) in [4.78, 5) is 15.9. The summed E-state index contributed by atoms with van der Waals surface area (Å²) >= 11 is 0. The van der Waals surface area contributed by atoms with Crippen molar-refractivity contribution in [1.82, 2.24) is 14.6 Å². The van der Waals surface area contributed by atoms with Gasteiger partial charge in [0, 0.05) is 6.07 Å². The van der Waals surface area contributed by atoms with Crippen LogP contribution >= 0.6 is 0 Å². The van der Waals surface area contributed by atoms with Crippen molar-refractivity contribution in [2.45, 2.75) is 33.8 Å². The van der Waals surface area contributed by atoms with Crippen LogP contribution in [0, 0.1) is 13.8 Å². The second kappa shape index (κ2) is 7.86. The molecule has 1 amide bonds. The van der Waals surface area contributed by atoms with Gasteiger partial charge >= 0.3 is 6.09 Å². The summed E-state index contributed by atoms with van der Waals surface area (Å²) in [5.74, 6) is 0.862. The van der Waals surface area contributed by atoms with Gasteiger partial charge in [0.2, 0.25) is 5.88 Å². The fourth-order valence-electron chi connectivity index (χ4n) is 2.44. The maximum Gasteiger partial charge on any atom is 0.412 e. The summed E-state index contributed by atoms with van der Waals surface area (Å²) in [6.45, 7) is 6.85. The molecule has 1 N–H and O–H groups in total. The standard InChI is InChI=1S/C19H22N4O3/c1-4-9-25-19(24)21-16-11-23-17(20-16)7-8-18(22-23)26-12-15-10-13(2)5-6-14(15)3/h5-8,10-11H,4,9,12H2,1-3H3,(H,21,24). The third-order valence-corrected chi connectivity index (χ3v) is 3.84. The fourth-order valence-corrected chi connectivity index (χ4v) is 2.44. The van der Waals surface area contributed by atoms with Crippen LogP contribution in [0.5, 0.6) is 5.88 Å². The summed E-state index contributed by atoms with van der Waals surface area (Å²) in [6, 6.07) is 9.81. The number of amides is 1. The lowest BCUT2D eigenvalue weighted by Gasteiger charge is -2.09. The van der Waals surface area contributed by atoms with Crippen LogP contribution in [0.25, 0.3) is 5.65 Å². The van der Waals surface area contributed by atoms with Gasteiger partial charge in [-0.25, -0.2) is 14.3 Å². The fraction of sp³-hybridized carbons (Fsp3) is 0.316. The highest BCUT2D eigenvalue weighted by atomic mass is 16.5. The van der Waals surface area contributed by atoms with Crippen molar-refractivity contribution in [2.24, 2.45) is 0 Å². The number of nitrogens with zero attached hydrogens (tertiary/aromatic N) is 3. The number of anilines is 1. The average molecular weight is 354 g/mol. The maximum absolute atomic E-state index is 11.6. The van der Waals surface area contributed by atoms with Crippen LogP contribution in [0.15, 0.2) is 36.5 Å². The maximum atomic E-state index is 11.6. The minimum atomic E-state index is -0.526. The normalized spacial score (nSPS) is 10.7. The number of ether oxygens (including phenoxy) is 2. The van der Waals surface area contributed by atoms with Crippen LogP contribution in [0.3, 0.4) is 0 Å². The van der Waals surface area contributed by atoms with E-state index in [2.05, 4.69) is 47.4 Å². The Morgan fingerprint density at radius 1 is 1.23 bits per heavy atom. The topological polar surface area (TPSA) is 77.8 Å². The minimum absolute atomic E-state index is 0.369. The molecule has 0 spiro atoms. The minimum Gasteiger partial charge on any atom is -0.472 e. The van der Waals surface area contributed by atoms with Crippen molar-refractivity contribution in [3.63, 3.8) is 0 Å². The second-order valence-electron chi connectivity index (χ2n) is 6.08. The van der Waals surface area contributed by atoms with Crippen LogP contribution in [-0.2, 0) is 11.3 Å². The second-order valence-corrected chi connectivity index (χ2v) is 6.08. The Morgan fingerprint density at radius 3 is 2.88 bits per heavy atom. The molecule has 0 saturated carbocycles. The van der Waals surface area contributed by atoms with Gasteiger partial charge in [-0.15, -0.1) is 5.10 Å². The molecule has 136 valence electrons.